The highest BCUT2D eigenvalue weighted by molar-refractivity contribution is 7.18. The lowest BCUT2D eigenvalue weighted by atomic mass is 10.2. The second-order valence-corrected chi connectivity index (χ2v) is 6.43. The molecule has 0 aliphatic carbocycles. The van der Waals surface area contributed by atoms with E-state index in [1.54, 1.807) is 41.8 Å². The van der Waals surface area contributed by atoms with E-state index >= 15 is 0 Å². The first kappa shape index (κ1) is 16.1. The first-order valence-corrected chi connectivity index (χ1v) is 8.48. The first-order valence-electron chi connectivity index (χ1n) is 7.66. The van der Waals surface area contributed by atoms with Crippen LogP contribution in [-0.4, -0.2) is 22.2 Å². The summed E-state index contributed by atoms with van der Waals surface area (Å²) in [7, 11) is 0. The number of hydrogen-bond donors (Lipinski definition) is 2. The zero-order chi connectivity index (χ0) is 16.8. The quantitative estimate of drug-likeness (QED) is 0.533. The molecule has 0 spiro atoms. The highest BCUT2D eigenvalue weighted by Gasteiger charge is 2.05. The maximum absolute atomic E-state index is 11.8. The van der Waals surface area contributed by atoms with Crippen molar-refractivity contribution in [3.05, 3.63) is 59.1 Å². The van der Waals surface area contributed by atoms with Crippen molar-refractivity contribution >= 4 is 33.7 Å². The number of hydrogen-bond acceptors (Lipinski definition) is 5. The van der Waals surface area contributed by atoms with Gasteiger partial charge in [0.1, 0.15) is 5.75 Å². The number of aromatic nitrogens is 1. The molecule has 3 rings (SSSR count). The van der Waals surface area contributed by atoms with Crippen LogP contribution < -0.4 is 5.43 Å². The molecule has 1 heterocycles. The van der Waals surface area contributed by atoms with Crippen LogP contribution in [-0.2, 0) is 11.2 Å². The summed E-state index contributed by atoms with van der Waals surface area (Å²) < 4.78 is 1.18. The number of carbonyl (C=O) groups is 1. The number of phenols is 1. The highest BCUT2D eigenvalue weighted by Crippen LogP contribution is 2.22. The Hall–Kier alpha value is -2.73. The molecule has 122 valence electrons. The molecule has 3 aromatic rings. The lowest BCUT2D eigenvalue weighted by Gasteiger charge is -1.99. The largest absolute Gasteiger partial charge is 0.508 e. The van der Waals surface area contributed by atoms with Gasteiger partial charge in [-0.05, 0) is 54.8 Å². The molecule has 24 heavy (non-hydrogen) atoms. The molecule has 6 heteroatoms. The van der Waals surface area contributed by atoms with E-state index in [2.05, 4.69) is 21.6 Å². The third kappa shape index (κ3) is 4.39. The Morgan fingerprint density at radius 2 is 2.00 bits per heavy atom. The number of aryl methyl sites for hydroxylation is 1. The van der Waals surface area contributed by atoms with Gasteiger partial charge in [-0.15, -0.1) is 11.3 Å². The van der Waals surface area contributed by atoms with Gasteiger partial charge in [0.15, 0.2) is 0 Å². The molecule has 1 aromatic heterocycles. The normalized spacial score (nSPS) is 11.2. The minimum Gasteiger partial charge on any atom is -0.508 e. The van der Waals surface area contributed by atoms with Gasteiger partial charge in [0.05, 0.1) is 21.4 Å². The number of phenolic OH excluding ortho intramolecular Hbond substituents is 1. The van der Waals surface area contributed by atoms with Gasteiger partial charge in [0, 0.05) is 6.42 Å². The maximum atomic E-state index is 11.8. The van der Waals surface area contributed by atoms with Crippen molar-refractivity contribution in [1.29, 1.82) is 0 Å². The zero-order valence-corrected chi connectivity index (χ0v) is 13.8. The van der Waals surface area contributed by atoms with Crippen molar-refractivity contribution in [3.8, 4) is 5.75 Å². The summed E-state index contributed by atoms with van der Waals surface area (Å²) in [6.45, 7) is 0. The van der Waals surface area contributed by atoms with Crippen LogP contribution in [0.5, 0.6) is 5.75 Å². The van der Waals surface area contributed by atoms with Gasteiger partial charge in [-0.1, -0.05) is 12.1 Å². The number of nitrogens with one attached hydrogen (secondary N) is 1. The molecule has 1 amide bonds. The number of nitrogens with zero attached hydrogens (tertiary/aromatic N) is 2. The van der Waals surface area contributed by atoms with Gasteiger partial charge in [0.25, 0.3) is 0 Å². The first-order chi connectivity index (χ1) is 11.7. The molecule has 0 aliphatic rings. The standard InChI is InChI=1S/C18H17N3O2S/c22-14-10-8-13(9-11-14)12-19-21-17(23)6-3-7-18-20-15-4-1-2-5-16(15)24-18/h1-2,4-5,8-12,22H,3,6-7H2,(H,21,23)/b19-12-. The third-order valence-electron chi connectivity index (χ3n) is 3.43. The number of para-hydroxylation sites is 1. The molecule has 0 fully saturated rings. The lowest BCUT2D eigenvalue weighted by Crippen LogP contribution is -2.17. The zero-order valence-electron chi connectivity index (χ0n) is 13.0. The Morgan fingerprint density at radius 1 is 1.21 bits per heavy atom. The molecule has 5 nitrogen and oxygen atoms in total. The Bertz CT molecular complexity index is 823. The summed E-state index contributed by atoms with van der Waals surface area (Å²) in [5.41, 5.74) is 4.33. The van der Waals surface area contributed by atoms with Crippen molar-refractivity contribution in [2.75, 3.05) is 0 Å². The summed E-state index contributed by atoms with van der Waals surface area (Å²) in [6, 6.07) is 14.6. The molecule has 0 bridgehead atoms. The molecule has 2 N–H and O–H groups in total. The van der Waals surface area contributed by atoms with Gasteiger partial charge >= 0.3 is 0 Å². The van der Waals surface area contributed by atoms with Gasteiger partial charge in [-0.2, -0.15) is 5.10 Å². The molecule has 0 aliphatic heterocycles. The van der Waals surface area contributed by atoms with Crippen LogP contribution in [0.2, 0.25) is 0 Å². The predicted molar refractivity (Wildman–Crippen MR) is 96.4 cm³/mol. The molecular weight excluding hydrogens is 322 g/mol. The molecule has 0 atom stereocenters. The summed E-state index contributed by atoms with van der Waals surface area (Å²) in [5, 5.41) is 14.2. The van der Waals surface area contributed by atoms with Crippen molar-refractivity contribution in [1.82, 2.24) is 10.4 Å². The van der Waals surface area contributed by atoms with Gasteiger partial charge in [-0.25, -0.2) is 10.4 Å². The second kappa shape index (κ2) is 7.70. The average molecular weight is 339 g/mol. The number of carbonyl (C=O) groups excluding carboxylic acids is 1. The fraction of sp³-hybridized carbons (Fsp3) is 0.167. The van der Waals surface area contributed by atoms with Gasteiger partial charge < -0.3 is 5.11 Å². The van der Waals surface area contributed by atoms with E-state index in [1.807, 2.05) is 18.2 Å². The molecular formula is C18H17N3O2S. The average Bonchev–Trinajstić information content (AvgIpc) is 2.99. The van der Waals surface area contributed by atoms with Crippen LogP contribution in [0.15, 0.2) is 53.6 Å². The number of fused-ring (bicyclic) bond motifs is 1. The van der Waals surface area contributed by atoms with E-state index in [0.717, 1.165) is 28.9 Å². The van der Waals surface area contributed by atoms with Crippen molar-refractivity contribution in [3.63, 3.8) is 0 Å². The van der Waals surface area contributed by atoms with E-state index in [9.17, 15) is 9.90 Å². The van der Waals surface area contributed by atoms with E-state index in [0.29, 0.717) is 6.42 Å². The van der Waals surface area contributed by atoms with Crippen molar-refractivity contribution in [2.45, 2.75) is 19.3 Å². The molecule has 0 saturated carbocycles. The topological polar surface area (TPSA) is 74.6 Å². The second-order valence-electron chi connectivity index (χ2n) is 5.31. The Balaban J connectivity index is 1.43. The van der Waals surface area contributed by atoms with Crippen LogP contribution in [0.25, 0.3) is 10.2 Å². The minimum atomic E-state index is -0.119. The molecule has 0 saturated heterocycles. The molecule has 2 aromatic carbocycles. The van der Waals surface area contributed by atoms with E-state index in [4.69, 9.17) is 0 Å². The Kier molecular flexibility index (Phi) is 5.18. The summed E-state index contributed by atoms with van der Waals surface area (Å²) in [6.07, 6.45) is 3.47. The van der Waals surface area contributed by atoms with E-state index in [1.165, 1.54) is 4.70 Å². The minimum absolute atomic E-state index is 0.119. The number of hydrazone groups is 1. The van der Waals surface area contributed by atoms with Crippen LogP contribution >= 0.6 is 11.3 Å². The van der Waals surface area contributed by atoms with E-state index in [-0.39, 0.29) is 11.7 Å². The van der Waals surface area contributed by atoms with Gasteiger partial charge in [0.2, 0.25) is 5.91 Å². The fourth-order valence-corrected chi connectivity index (χ4v) is 3.23. The Morgan fingerprint density at radius 3 is 2.79 bits per heavy atom. The molecule has 0 radical (unpaired) electrons. The molecule has 0 unspecified atom stereocenters. The van der Waals surface area contributed by atoms with Gasteiger partial charge in [-0.3, -0.25) is 4.79 Å². The number of aromatic hydroxyl groups is 1. The number of amides is 1. The smallest absolute Gasteiger partial charge is 0.240 e. The summed E-state index contributed by atoms with van der Waals surface area (Å²) >= 11 is 1.67. The Labute approximate surface area is 143 Å². The van der Waals surface area contributed by atoms with Crippen LogP contribution in [0.3, 0.4) is 0 Å². The van der Waals surface area contributed by atoms with Crippen molar-refractivity contribution < 1.29 is 9.90 Å². The number of rotatable bonds is 6. The lowest BCUT2D eigenvalue weighted by molar-refractivity contribution is -0.121. The number of thiazole rings is 1. The van der Waals surface area contributed by atoms with Crippen LogP contribution in [0.1, 0.15) is 23.4 Å². The summed E-state index contributed by atoms with van der Waals surface area (Å²) in [5.74, 6) is 0.0807. The van der Waals surface area contributed by atoms with Crippen LogP contribution in [0, 0.1) is 0 Å². The highest BCUT2D eigenvalue weighted by atomic mass is 32.1. The SMILES string of the molecule is O=C(CCCc1nc2ccccc2s1)N/N=C\c1ccc(O)cc1. The maximum Gasteiger partial charge on any atom is 0.240 e. The monoisotopic (exact) mass is 339 g/mol. The van der Waals surface area contributed by atoms with E-state index < -0.39 is 0 Å². The fourth-order valence-electron chi connectivity index (χ4n) is 2.22. The van der Waals surface area contributed by atoms with Crippen molar-refractivity contribution in [2.24, 2.45) is 5.10 Å². The summed E-state index contributed by atoms with van der Waals surface area (Å²) in [4.78, 5) is 16.3. The third-order valence-corrected chi connectivity index (χ3v) is 4.52. The predicted octanol–water partition coefficient (Wildman–Crippen LogP) is 3.47. The van der Waals surface area contributed by atoms with Crippen LogP contribution in [0.4, 0.5) is 0 Å². The number of benzene rings is 2.